The van der Waals surface area contributed by atoms with Gasteiger partial charge in [0.15, 0.2) is 0 Å². The molecule has 0 saturated carbocycles. The van der Waals surface area contributed by atoms with Crippen molar-refractivity contribution in [3.05, 3.63) is 64.7 Å². The quantitative estimate of drug-likeness (QED) is 0.565. The van der Waals surface area contributed by atoms with Crippen molar-refractivity contribution < 1.29 is 9.53 Å². The predicted octanol–water partition coefficient (Wildman–Crippen LogP) is 5.03. The van der Waals surface area contributed by atoms with Gasteiger partial charge in [-0.05, 0) is 73.3 Å². The summed E-state index contributed by atoms with van der Waals surface area (Å²) in [6, 6.07) is 15.1. The van der Waals surface area contributed by atoms with Crippen LogP contribution in [0.15, 0.2) is 48.0 Å². The Bertz CT molecular complexity index is 936. The van der Waals surface area contributed by atoms with Crippen molar-refractivity contribution in [3.8, 4) is 0 Å². The SMILES string of the molecule is CN(Cc1ccc(NC(=O)C2=Cc3cc(CBr)ccc3NCC2)cc1)C1CCOCC1. The first-order chi connectivity index (χ1) is 15.1. The minimum absolute atomic E-state index is 0.0361. The van der Waals surface area contributed by atoms with Gasteiger partial charge in [0.05, 0.1) is 0 Å². The monoisotopic (exact) mass is 483 g/mol. The number of carbonyl (C=O) groups excluding carboxylic acids is 1. The lowest BCUT2D eigenvalue weighted by molar-refractivity contribution is -0.112. The molecule has 2 aromatic rings. The maximum Gasteiger partial charge on any atom is 0.251 e. The average Bonchev–Trinajstić information content (AvgIpc) is 3.03. The molecule has 0 aromatic heterocycles. The van der Waals surface area contributed by atoms with Gasteiger partial charge in [-0.15, -0.1) is 0 Å². The molecular weight excluding hydrogens is 454 g/mol. The summed E-state index contributed by atoms with van der Waals surface area (Å²) >= 11 is 3.51. The second kappa shape index (κ2) is 10.4. The molecule has 0 aliphatic carbocycles. The van der Waals surface area contributed by atoms with Gasteiger partial charge in [-0.1, -0.05) is 34.1 Å². The van der Waals surface area contributed by atoms with E-state index in [0.717, 1.165) is 67.0 Å². The molecule has 6 heteroatoms. The van der Waals surface area contributed by atoms with E-state index in [0.29, 0.717) is 12.5 Å². The fourth-order valence-electron chi connectivity index (χ4n) is 4.19. The Kier molecular flexibility index (Phi) is 7.43. The van der Waals surface area contributed by atoms with Gasteiger partial charge in [0, 0.05) is 54.6 Å². The Morgan fingerprint density at radius 1 is 1.16 bits per heavy atom. The fourth-order valence-corrected chi connectivity index (χ4v) is 4.54. The molecule has 0 atom stereocenters. The van der Waals surface area contributed by atoms with E-state index >= 15 is 0 Å². The lowest BCUT2D eigenvalue weighted by Gasteiger charge is -2.31. The van der Waals surface area contributed by atoms with Crippen molar-refractivity contribution in [1.82, 2.24) is 4.90 Å². The van der Waals surface area contributed by atoms with E-state index in [1.165, 1.54) is 11.1 Å². The van der Waals surface area contributed by atoms with Crippen LogP contribution in [0.1, 0.15) is 36.0 Å². The van der Waals surface area contributed by atoms with Crippen molar-refractivity contribution >= 4 is 39.3 Å². The number of carbonyl (C=O) groups is 1. The van der Waals surface area contributed by atoms with E-state index in [1.54, 1.807) is 0 Å². The minimum Gasteiger partial charge on any atom is -0.384 e. The first kappa shape index (κ1) is 22.1. The highest BCUT2D eigenvalue weighted by molar-refractivity contribution is 9.08. The number of benzene rings is 2. The normalized spacial score (nSPS) is 16.8. The Morgan fingerprint density at radius 2 is 1.90 bits per heavy atom. The van der Waals surface area contributed by atoms with Crippen molar-refractivity contribution in [1.29, 1.82) is 0 Å². The third-order valence-electron chi connectivity index (χ3n) is 6.06. The van der Waals surface area contributed by atoms with Crippen LogP contribution in [-0.4, -0.2) is 43.7 Å². The number of fused-ring (bicyclic) bond motifs is 1. The van der Waals surface area contributed by atoms with E-state index in [9.17, 15) is 4.79 Å². The maximum absolute atomic E-state index is 12.9. The van der Waals surface area contributed by atoms with Crippen LogP contribution in [0.25, 0.3) is 6.08 Å². The van der Waals surface area contributed by atoms with E-state index in [1.807, 2.05) is 18.2 Å². The minimum atomic E-state index is -0.0361. The molecule has 2 heterocycles. The van der Waals surface area contributed by atoms with Crippen LogP contribution in [-0.2, 0) is 21.4 Å². The van der Waals surface area contributed by atoms with E-state index in [-0.39, 0.29) is 5.91 Å². The van der Waals surface area contributed by atoms with Crippen molar-refractivity contribution in [2.24, 2.45) is 0 Å². The predicted molar refractivity (Wildman–Crippen MR) is 131 cm³/mol. The highest BCUT2D eigenvalue weighted by atomic mass is 79.9. The summed E-state index contributed by atoms with van der Waals surface area (Å²) in [7, 11) is 2.18. The third kappa shape index (κ3) is 5.76. The van der Waals surface area contributed by atoms with Crippen molar-refractivity contribution in [2.75, 3.05) is 37.4 Å². The number of nitrogens with zero attached hydrogens (tertiary/aromatic N) is 1. The van der Waals surface area contributed by atoms with Crippen LogP contribution in [0.3, 0.4) is 0 Å². The fraction of sp³-hybridized carbons (Fsp3) is 0.400. The zero-order valence-electron chi connectivity index (χ0n) is 18.0. The average molecular weight is 484 g/mol. The summed E-state index contributed by atoms with van der Waals surface area (Å²) in [6.45, 7) is 3.36. The largest absolute Gasteiger partial charge is 0.384 e. The molecular formula is C25H30BrN3O2. The zero-order chi connectivity index (χ0) is 21.6. The lowest BCUT2D eigenvalue weighted by atomic mass is 10.1. The van der Waals surface area contributed by atoms with Gasteiger partial charge < -0.3 is 15.4 Å². The number of anilines is 2. The van der Waals surface area contributed by atoms with Crippen LogP contribution >= 0.6 is 15.9 Å². The molecule has 0 spiro atoms. The Hall–Kier alpha value is -2.15. The summed E-state index contributed by atoms with van der Waals surface area (Å²) in [5, 5.41) is 7.28. The molecule has 0 unspecified atom stereocenters. The van der Waals surface area contributed by atoms with Crippen LogP contribution < -0.4 is 10.6 Å². The molecule has 4 rings (SSSR count). The lowest BCUT2D eigenvalue weighted by Crippen LogP contribution is -2.36. The molecule has 2 aliphatic rings. The molecule has 5 nitrogen and oxygen atoms in total. The summed E-state index contributed by atoms with van der Waals surface area (Å²) in [5.74, 6) is -0.0361. The van der Waals surface area contributed by atoms with Crippen LogP contribution in [0.5, 0.6) is 0 Å². The highest BCUT2D eigenvalue weighted by Gasteiger charge is 2.19. The second-order valence-corrected chi connectivity index (χ2v) is 8.87. The highest BCUT2D eigenvalue weighted by Crippen LogP contribution is 2.26. The van der Waals surface area contributed by atoms with Gasteiger partial charge in [0.25, 0.3) is 5.91 Å². The number of ether oxygens (including phenoxy) is 1. The van der Waals surface area contributed by atoms with E-state index in [4.69, 9.17) is 4.74 Å². The maximum atomic E-state index is 12.9. The number of alkyl halides is 1. The summed E-state index contributed by atoms with van der Waals surface area (Å²) in [6.07, 6.45) is 4.88. The first-order valence-electron chi connectivity index (χ1n) is 10.9. The zero-order valence-corrected chi connectivity index (χ0v) is 19.6. The van der Waals surface area contributed by atoms with E-state index < -0.39 is 0 Å². The van der Waals surface area contributed by atoms with Crippen LogP contribution in [0.4, 0.5) is 11.4 Å². The molecule has 2 aromatic carbocycles. The molecule has 1 saturated heterocycles. The van der Waals surface area contributed by atoms with Crippen molar-refractivity contribution in [2.45, 2.75) is 37.2 Å². The van der Waals surface area contributed by atoms with Gasteiger partial charge >= 0.3 is 0 Å². The van der Waals surface area contributed by atoms with Crippen LogP contribution in [0.2, 0.25) is 0 Å². The standard InChI is InChI=1S/C25H30BrN3O2/c1-29(23-9-12-31-13-10-23)17-18-2-5-22(6-3-18)28-25(30)20-8-11-27-24-7-4-19(16-26)14-21(24)15-20/h2-7,14-15,23,27H,8-13,16-17H2,1H3,(H,28,30). The molecule has 1 amide bonds. The summed E-state index contributed by atoms with van der Waals surface area (Å²) < 4.78 is 5.46. The molecule has 164 valence electrons. The Morgan fingerprint density at radius 3 is 2.65 bits per heavy atom. The van der Waals surface area contributed by atoms with Gasteiger partial charge in [-0.2, -0.15) is 0 Å². The number of amides is 1. The Balaban J connectivity index is 1.39. The molecule has 2 aliphatic heterocycles. The number of hydrogen-bond donors (Lipinski definition) is 2. The van der Waals surface area contributed by atoms with Crippen LogP contribution in [0, 0.1) is 0 Å². The second-order valence-electron chi connectivity index (χ2n) is 8.31. The smallest absolute Gasteiger partial charge is 0.251 e. The molecule has 31 heavy (non-hydrogen) atoms. The molecule has 0 bridgehead atoms. The summed E-state index contributed by atoms with van der Waals surface area (Å²) in [5.41, 5.74) is 6.20. The molecule has 0 radical (unpaired) electrons. The van der Waals surface area contributed by atoms with E-state index in [2.05, 4.69) is 68.8 Å². The number of hydrogen-bond acceptors (Lipinski definition) is 4. The molecule has 1 fully saturated rings. The molecule has 2 N–H and O–H groups in total. The first-order valence-corrected chi connectivity index (χ1v) is 12.1. The van der Waals surface area contributed by atoms with Crippen molar-refractivity contribution in [3.63, 3.8) is 0 Å². The van der Waals surface area contributed by atoms with Gasteiger partial charge in [-0.3, -0.25) is 9.69 Å². The number of nitrogens with one attached hydrogen (secondary N) is 2. The Labute approximate surface area is 193 Å². The van der Waals surface area contributed by atoms with Gasteiger partial charge in [-0.25, -0.2) is 0 Å². The number of rotatable bonds is 6. The van der Waals surface area contributed by atoms with Gasteiger partial charge in [0.2, 0.25) is 0 Å². The third-order valence-corrected chi connectivity index (χ3v) is 6.71. The number of halogens is 1. The van der Waals surface area contributed by atoms with Gasteiger partial charge in [0.1, 0.15) is 0 Å². The summed E-state index contributed by atoms with van der Waals surface area (Å²) in [4.78, 5) is 15.3. The topological polar surface area (TPSA) is 53.6 Å².